The highest BCUT2D eigenvalue weighted by Crippen LogP contribution is 2.11. The second-order valence-electron chi connectivity index (χ2n) is 4.43. The number of aliphatic carboxylic acids is 1. The van der Waals surface area contributed by atoms with E-state index in [1.807, 2.05) is 0 Å². The largest absolute Gasteiger partial charge is 0.481 e. The average Bonchev–Trinajstić information content (AvgIpc) is 2.36. The van der Waals surface area contributed by atoms with Gasteiger partial charge in [0, 0.05) is 19.6 Å². The maximum Gasteiger partial charge on any atom is 0.307 e. The zero-order chi connectivity index (χ0) is 15.0. The van der Waals surface area contributed by atoms with Crippen LogP contribution in [-0.2, 0) is 19.1 Å². The van der Waals surface area contributed by atoms with Gasteiger partial charge in [-0.2, -0.15) is 0 Å². The third-order valence-electron chi connectivity index (χ3n) is 2.91. The number of ether oxygens (including phenoxy) is 1. The van der Waals surface area contributed by atoms with E-state index in [2.05, 4.69) is 10.6 Å². The van der Waals surface area contributed by atoms with Gasteiger partial charge < -0.3 is 20.5 Å². The summed E-state index contributed by atoms with van der Waals surface area (Å²) in [5.74, 6) is -3.33. The molecule has 0 aliphatic rings. The Hall–Kier alpha value is -1.63. The van der Waals surface area contributed by atoms with Crippen molar-refractivity contribution >= 4 is 17.8 Å². The molecule has 0 heterocycles. The van der Waals surface area contributed by atoms with E-state index in [-0.39, 0.29) is 5.91 Å². The van der Waals surface area contributed by atoms with E-state index >= 15 is 0 Å². The molecule has 0 radical (unpaired) electrons. The van der Waals surface area contributed by atoms with E-state index in [9.17, 15) is 14.4 Å². The maximum atomic E-state index is 11.8. The smallest absolute Gasteiger partial charge is 0.307 e. The summed E-state index contributed by atoms with van der Waals surface area (Å²) in [6, 6.07) is -0.715. The molecule has 0 aliphatic carbocycles. The molecule has 2 amide bonds. The van der Waals surface area contributed by atoms with Gasteiger partial charge in [-0.15, -0.1) is 0 Å². The molecular formula is C12H22N2O5. The van der Waals surface area contributed by atoms with Crippen molar-refractivity contribution in [2.45, 2.75) is 26.8 Å². The van der Waals surface area contributed by atoms with Gasteiger partial charge in [-0.3, -0.25) is 14.4 Å². The first-order chi connectivity index (χ1) is 8.81. The van der Waals surface area contributed by atoms with Crippen molar-refractivity contribution in [3.8, 4) is 0 Å². The van der Waals surface area contributed by atoms with Gasteiger partial charge in [-0.25, -0.2) is 0 Å². The second kappa shape index (κ2) is 8.47. The molecule has 0 aromatic rings. The van der Waals surface area contributed by atoms with E-state index in [1.165, 1.54) is 27.9 Å². The van der Waals surface area contributed by atoms with Gasteiger partial charge in [0.15, 0.2) is 0 Å². The SMILES string of the molecule is COCCNC(=O)C(C)NC(=O)C(C)C(C)C(=O)O. The number of nitrogens with one attached hydrogen (secondary N) is 2. The molecule has 0 saturated carbocycles. The van der Waals surface area contributed by atoms with Crippen molar-refractivity contribution in [3.63, 3.8) is 0 Å². The summed E-state index contributed by atoms with van der Waals surface area (Å²) in [5, 5.41) is 13.9. The predicted molar refractivity (Wildman–Crippen MR) is 68.5 cm³/mol. The molecule has 3 unspecified atom stereocenters. The minimum Gasteiger partial charge on any atom is -0.481 e. The van der Waals surface area contributed by atoms with Crippen molar-refractivity contribution < 1.29 is 24.2 Å². The van der Waals surface area contributed by atoms with Crippen molar-refractivity contribution in [1.29, 1.82) is 0 Å². The molecule has 0 rings (SSSR count). The lowest BCUT2D eigenvalue weighted by Crippen LogP contribution is -2.48. The summed E-state index contributed by atoms with van der Waals surface area (Å²) in [7, 11) is 1.52. The standard InChI is InChI=1S/C12H22N2O5/c1-7(8(2)12(17)18)10(15)14-9(3)11(16)13-5-6-19-4/h7-9H,5-6H2,1-4H3,(H,13,16)(H,14,15)(H,17,18). The lowest BCUT2D eigenvalue weighted by atomic mass is 9.95. The zero-order valence-electron chi connectivity index (χ0n) is 11.7. The summed E-state index contributed by atoms with van der Waals surface area (Å²) in [6.07, 6.45) is 0. The number of rotatable bonds is 8. The molecule has 0 spiro atoms. The fourth-order valence-corrected chi connectivity index (χ4v) is 1.28. The molecule has 7 heteroatoms. The number of methoxy groups -OCH3 is 1. The Balaban J connectivity index is 4.24. The van der Waals surface area contributed by atoms with Crippen LogP contribution in [0.25, 0.3) is 0 Å². The topological polar surface area (TPSA) is 105 Å². The molecule has 7 nitrogen and oxygen atoms in total. The van der Waals surface area contributed by atoms with Crippen molar-refractivity contribution in [2.75, 3.05) is 20.3 Å². The Bertz CT molecular complexity index is 332. The summed E-state index contributed by atoms with van der Waals surface area (Å²) in [4.78, 5) is 34.1. The lowest BCUT2D eigenvalue weighted by Gasteiger charge is -2.19. The van der Waals surface area contributed by atoms with Gasteiger partial charge in [0.1, 0.15) is 6.04 Å². The fourth-order valence-electron chi connectivity index (χ4n) is 1.28. The Kier molecular flexibility index (Phi) is 7.74. The number of amides is 2. The second-order valence-corrected chi connectivity index (χ2v) is 4.43. The quantitative estimate of drug-likeness (QED) is 0.523. The first-order valence-electron chi connectivity index (χ1n) is 6.11. The highest BCUT2D eigenvalue weighted by Gasteiger charge is 2.27. The summed E-state index contributed by atoms with van der Waals surface area (Å²) >= 11 is 0. The van der Waals surface area contributed by atoms with Crippen LogP contribution in [0.15, 0.2) is 0 Å². The number of carboxylic acids is 1. The third kappa shape index (κ3) is 6.19. The van der Waals surface area contributed by atoms with Gasteiger partial charge in [0.25, 0.3) is 0 Å². The van der Waals surface area contributed by atoms with Gasteiger partial charge in [-0.05, 0) is 6.92 Å². The number of carboxylic acid groups (broad SMARTS) is 1. The monoisotopic (exact) mass is 274 g/mol. The van der Waals surface area contributed by atoms with E-state index in [0.29, 0.717) is 13.2 Å². The van der Waals surface area contributed by atoms with Gasteiger partial charge >= 0.3 is 5.97 Å². The van der Waals surface area contributed by atoms with Crippen LogP contribution in [0.1, 0.15) is 20.8 Å². The zero-order valence-corrected chi connectivity index (χ0v) is 11.7. The van der Waals surface area contributed by atoms with Crippen LogP contribution in [0, 0.1) is 11.8 Å². The summed E-state index contributed by atoms with van der Waals surface area (Å²) in [5.41, 5.74) is 0. The molecule has 0 saturated heterocycles. The van der Waals surface area contributed by atoms with E-state index in [1.54, 1.807) is 0 Å². The van der Waals surface area contributed by atoms with Crippen LogP contribution < -0.4 is 10.6 Å². The molecule has 3 atom stereocenters. The Morgan fingerprint density at radius 2 is 1.68 bits per heavy atom. The molecular weight excluding hydrogens is 252 g/mol. The molecule has 0 aromatic heterocycles. The molecule has 110 valence electrons. The maximum absolute atomic E-state index is 11.8. The minimum absolute atomic E-state index is 0.333. The number of carbonyl (C=O) groups is 3. The van der Waals surface area contributed by atoms with Gasteiger partial charge in [0.2, 0.25) is 11.8 Å². The first kappa shape index (κ1) is 17.4. The van der Waals surface area contributed by atoms with Crippen LogP contribution >= 0.6 is 0 Å². The van der Waals surface area contributed by atoms with Crippen LogP contribution in [0.2, 0.25) is 0 Å². The Morgan fingerprint density at radius 3 is 2.16 bits per heavy atom. The third-order valence-corrected chi connectivity index (χ3v) is 2.91. The number of hydrogen-bond acceptors (Lipinski definition) is 4. The number of carbonyl (C=O) groups excluding carboxylic acids is 2. The highest BCUT2D eigenvalue weighted by atomic mass is 16.5. The number of hydrogen-bond donors (Lipinski definition) is 3. The summed E-state index contributed by atoms with van der Waals surface area (Å²) < 4.78 is 4.78. The molecule has 3 N–H and O–H groups in total. The lowest BCUT2D eigenvalue weighted by molar-refractivity contribution is -0.146. The summed E-state index contributed by atoms with van der Waals surface area (Å²) in [6.45, 7) is 5.26. The molecule has 0 aliphatic heterocycles. The van der Waals surface area contributed by atoms with Crippen LogP contribution in [0.5, 0.6) is 0 Å². The first-order valence-corrected chi connectivity index (χ1v) is 6.11. The van der Waals surface area contributed by atoms with Gasteiger partial charge in [0.05, 0.1) is 12.5 Å². The average molecular weight is 274 g/mol. The van der Waals surface area contributed by atoms with E-state index in [0.717, 1.165) is 0 Å². The van der Waals surface area contributed by atoms with E-state index in [4.69, 9.17) is 9.84 Å². The van der Waals surface area contributed by atoms with E-state index < -0.39 is 29.8 Å². The molecule has 0 aromatic carbocycles. The van der Waals surface area contributed by atoms with Crippen LogP contribution in [0.3, 0.4) is 0 Å². The van der Waals surface area contributed by atoms with Crippen molar-refractivity contribution in [2.24, 2.45) is 11.8 Å². The van der Waals surface area contributed by atoms with Crippen LogP contribution in [-0.4, -0.2) is 49.2 Å². The minimum atomic E-state index is -1.04. The molecule has 0 fully saturated rings. The molecule has 0 bridgehead atoms. The highest BCUT2D eigenvalue weighted by molar-refractivity contribution is 5.89. The molecule has 19 heavy (non-hydrogen) atoms. The fraction of sp³-hybridized carbons (Fsp3) is 0.750. The normalized spacial score (nSPS) is 15.2. The predicted octanol–water partition coefficient (Wildman–Crippen LogP) is -0.389. The Morgan fingerprint density at radius 1 is 1.11 bits per heavy atom. The van der Waals surface area contributed by atoms with Crippen molar-refractivity contribution in [3.05, 3.63) is 0 Å². The Labute approximate surface area is 112 Å². The van der Waals surface area contributed by atoms with Crippen molar-refractivity contribution in [1.82, 2.24) is 10.6 Å². The van der Waals surface area contributed by atoms with Gasteiger partial charge in [-0.1, -0.05) is 13.8 Å². The van der Waals surface area contributed by atoms with Crippen LogP contribution in [0.4, 0.5) is 0 Å².